The van der Waals surface area contributed by atoms with Crippen LogP contribution in [0.4, 0.5) is 5.13 Å². The van der Waals surface area contributed by atoms with Crippen LogP contribution < -0.4 is 29.7 Å². The summed E-state index contributed by atoms with van der Waals surface area (Å²) in [5, 5.41) is 10.9. The van der Waals surface area contributed by atoms with Gasteiger partial charge in [-0.3, -0.25) is 9.59 Å². The number of aromatic nitrogens is 2. The van der Waals surface area contributed by atoms with Gasteiger partial charge in [0.2, 0.25) is 28.0 Å². The molecule has 0 bridgehead atoms. The van der Waals surface area contributed by atoms with E-state index in [1.54, 1.807) is 20.8 Å². The van der Waals surface area contributed by atoms with Crippen LogP contribution in [-0.2, 0) is 10.5 Å². The van der Waals surface area contributed by atoms with Crippen molar-refractivity contribution in [2.75, 3.05) is 25.1 Å². The Bertz CT molecular complexity index is 1260. The summed E-state index contributed by atoms with van der Waals surface area (Å²) in [7, 11) is 0. The summed E-state index contributed by atoms with van der Waals surface area (Å²) in [6.45, 7) is 8.25. The van der Waals surface area contributed by atoms with Crippen molar-refractivity contribution in [1.82, 2.24) is 10.2 Å². The van der Waals surface area contributed by atoms with Crippen molar-refractivity contribution in [3.05, 3.63) is 46.0 Å². The highest BCUT2D eigenvalue weighted by atomic mass is 32.2. The molecule has 1 N–H and O–H groups in total. The summed E-state index contributed by atoms with van der Waals surface area (Å²) in [6, 6.07) is 4.20. The predicted octanol–water partition coefficient (Wildman–Crippen LogP) is 4.55. The molecule has 1 aromatic carbocycles. The van der Waals surface area contributed by atoms with Crippen molar-refractivity contribution in [3.63, 3.8) is 0 Å². The van der Waals surface area contributed by atoms with Crippen LogP contribution in [0.2, 0.25) is 0 Å². The minimum atomic E-state index is -0.783. The highest BCUT2D eigenvalue weighted by Crippen LogP contribution is 2.39. The molecule has 198 valence electrons. The van der Waals surface area contributed by atoms with E-state index in [0.717, 1.165) is 6.26 Å². The second-order valence-electron chi connectivity index (χ2n) is 7.13. The van der Waals surface area contributed by atoms with Crippen molar-refractivity contribution < 1.29 is 33.0 Å². The Morgan fingerprint density at radius 1 is 0.973 bits per heavy atom. The number of carbonyl (C=O) groups is 2. The van der Waals surface area contributed by atoms with E-state index >= 15 is 0 Å². The van der Waals surface area contributed by atoms with Crippen LogP contribution >= 0.6 is 23.1 Å². The Hall–Kier alpha value is -3.58. The third kappa shape index (κ3) is 7.70. The number of benzene rings is 1. The first kappa shape index (κ1) is 28.0. The number of hydrogen-bond acceptors (Lipinski definition) is 12. The zero-order valence-electron chi connectivity index (χ0n) is 20.8. The van der Waals surface area contributed by atoms with Gasteiger partial charge >= 0.3 is 5.97 Å². The third-order valence-corrected chi connectivity index (χ3v) is 6.51. The van der Waals surface area contributed by atoms with Gasteiger partial charge < -0.3 is 28.7 Å². The fourth-order valence-electron chi connectivity index (χ4n) is 2.91. The number of thioether (sulfide) groups is 1. The van der Waals surface area contributed by atoms with Gasteiger partial charge in [-0.25, -0.2) is 4.79 Å². The molecule has 0 saturated carbocycles. The number of anilines is 1. The lowest BCUT2D eigenvalue weighted by Crippen LogP contribution is -2.15. The van der Waals surface area contributed by atoms with Crippen LogP contribution in [0.3, 0.4) is 0 Å². The van der Waals surface area contributed by atoms with Crippen LogP contribution in [0.25, 0.3) is 0 Å². The molecule has 0 radical (unpaired) electrons. The molecule has 3 rings (SSSR count). The normalized spacial score (nSPS) is 10.6. The van der Waals surface area contributed by atoms with Crippen molar-refractivity contribution in [2.45, 2.75) is 44.2 Å². The molecule has 0 aliphatic carbocycles. The highest BCUT2D eigenvalue weighted by molar-refractivity contribution is 8.00. The topological polar surface area (TPSA) is 139 Å². The fraction of sp³-hybridized carbons (Fsp3) is 0.375. The zero-order valence-corrected chi connectivity index (χ0v) is 22.5. The molecule has 11 nitrogen and oxygen atoms in total. The molecule has 0 spiro atoms. The van der Waals surface area contributed by atoms with E-state index in [1.165, 1.54) is 41.3 Å². The number of esters is 1. The van der Waals surface area contributed by atoms with E-state index in [9.17, 15) is 14.4 Å². The second-order valence-corrected chi connectivity index (χ2v) is 9.33. The summed E-state index contributed by atoms with van der Waals surface area (Å²) in [5.74, 6) is 0.485. The van der Waals surface area contributed by atoms with Gasteiger partial charge in [0.25, 0.3) is 0 Å². The summed E-state index contributed by atoms with van der Waals surface area (Å²) in [6.07, 6.45) is 1.43. The summed E-state index contributed by atoms with van der Waals surface area (Å²) >= 11 is 2.50. The first-order chi connectivity index (χ1) is 17.9. The van der Waals surface area contributed by atoms with E-state index in [1.807, 2.05) is 6.92 Å². The molecule has 2 heterocycles. The molecule has 2 aromatic heterocycles. The molecule has 0 fully saturated rings. The molecule has 0 unspecified atom stereocenters. The van der Waals surface area contributed by atoms with E-state index in [0.29, 0.717) is 58.7 Å². The largest absolute Gasteiger partial charge is 0.490 e. The molecule has 0 aliphatic rings. The van der Waals surface area contributed by atoms with Crippen LogP contribution in [0.5, 0.6) is 23.0 Å². The first-order valence-corrected chi connectivity index (χ1v) is 13.3. The SMILES string of the molecule is CCOc1cc(C(=O)Oc2coc(CSc3nnc(NC(=O)CC)s3)cc2=O)cc(OCC)c1OCC. The number of nitrogens with zero attached hydrogens (tertiary/aromatic N) is 2. The second kappa shape index (κ2) is 13.7. The van der Waals surface area contributed by atoms with Crippen molar-refractivity contribution in [3.8, 4) is 23.0 Å². The summed E-state index contributed by atoms with van der Waals surface area (Å²) in [5.41, 5.74) is -0.402. The smallest absolute Gasteiger partial charge is 0.344 e. The minimum Gasteiger partial charge on any atom is -0.490 e. The number of carbonyl (C=O) groups excluding carboxylic acids is 2. The van der Waals surface area contributed by atoms with Crippen LogP contribution in [-0.4, -0.2) is 41.9 Å². The van der Waals surface area contributed by atoms with Gasteiger partial charge in [-0.2, -0.15) is 0 Å². The highest BCUT2D eigenvalue weighted by Gasteiger charge is 2.21. The number of hydrogen-bond donors (Lipinski definition) is 1. The van der Waals surface area contributed by atoms with Crippen LogP contribution in [0.15, 0.2) is 38.0 Å². The Morgan fingerprint density at radius 2 is 1.65 bits per heavy atom. The van der Waals surface area contributed by atoms with Gasteiger partial charge in [-0.1, -0.05) is 30.0 Å². The maximum atomic E-state index is 12.8. The number of rotatable bonds is 13. The van der Waals surface area contributed by atoms with Crippen molar-refractivity contribution in [2.24, 2.45) is 0 Å². The molecule has 1 amide bonds. The van der Waals surface area contributed by atoms with Crippen molar-refractivity contribution >= 4 is 40.1 Å². The Balaban J connectivity index is 1.70. The summed E-state index contributed by atoms with van der Waals surface area (Å²) < 4.78 is 28.3. The first-order valence-electron chi connectivity index (χ1n) is 11.5. The minimum absolute atomic E-state index is 0.122. The molecule has 13 heteroatoms. The molecular weight excluding hydrogens is 522 g/mol. The third-order valence-electron chi connectivity index (χ3n) is 4.51. The van der Waals surface area contributed by atoms with Crippen molar-refractivity contribution in [1.29, 1.82) is 0 Å². The molecule has 0 atom stereocenters. The van der Waals surface area contributed by atoms with Gasteiger partial charge in [0.1, 0.15) is 12.0 Å². The molecule has 0 aliphatic heterocycles. The molecule has 37 heavy (non-hydrogen) atoms. The lowest BCUT2D eigenvalue weighted by molar-refractivity contribution is -0.115. The number of nitrogens with one attached hydrogen (secondary N) is 1. The van der Waals surface area contributed by atoms with Crippen LogP contribution in [0.1, 0.15) is 50.2 Å². The Morgan fingerprint density at radius 3 is 2.24 bits per heavy atom. The number of ether oxygens (including phenoxy) is 4. The van der Waals surface area contributed by atoms with E-state index in [-0.39, 0.29) is 23.0 Å². The lowest BCUT2D eigenvalue weighted by atomic mass is 10.2. The standard InChI is InChI=1S/C24H27N3O8S2/c1-5-20(29)25-23-26-27-24(37-23)36-13-15-11-16(28)19(12-34-15)35-22(30)14-9-17(31-6-2)21(33-8-4)18(10-14)32-7-3/h9-12H,5-8,13H2,1-4H3,(H,25,26,29). The van der Waals surface area contributed by atoms with Gasteiger partial charge in [0.05, 0.1) is 31.1 Å². The monoisotopic (exact) mass is 549 g/mol. The Labute approximate surface area is 221 Å². The van der Waals surface area contributed by atoms with Gasteiger partial charge in [-0.15, -0.1) is 10.2 Å². The maximum Gasteiger partial charge on any atom is 0.344 e. The molecule has 3 aromatic rings. The van der Waals surface area contributed by atoms with Gasteiger partial charge in [-0.05, 0) is 32.9 Å². The average Bonchev–Trinajstić information content (AvgIpc) is 3.33. The van der Waals surface area contributed by atoms with E-state index in [2.05, 4.69) is 15.5 Å². The summed E-state index contributed by atoms with van der Waals surface area (Å²) in [4.78, 5) is 36.9. The molecular formula is C24H27N3O8S2. The average molecular weight is 550 g/mol. The predicted molar refractivity (Wildman–Crippen MR) is 138 cm³/mol. The lowest BCUT2D eigenvalue weighted by Gasteiger charge is -2.16. The van der Waals surface area contributed by atoms with Gasteiger partial charge in [0, 0.05) is 12.5 Å². The van der Waals surface area contributed by atoms with Crippen LogP contribution in [0, 0.1) is 0 Å². The zero-order chi connectivity index (χ0) is 26.8. The quantitative estimate of drug-likeness (QED) is 0.182. The van der Waals surface area contributed by atoms with E-state index in [4.69, 9.17) is 23.4 Å². The fourth-order valence-corrected chi connectivity index (χ4v) is 4.57. The number of amides is 1. The maximum absolute atomic E-state index is 12.8. The molecule has 0 saturated heterocycles. The van der Waals surface area contributed by atoms with E-state index < -0.39 is 11.4 Å². The Kier molecular flexibility index (Phi) is 10.3. The van der Waals surface area contributed by atoms with Gasteiger partial charge in [0.15, 0.2) is 15.8 Å².